The normalized spacial score (nSPS) is 10.1. The Morgan fingerprint density at radius 1 is 0.331 bits per heavy atom. The molecular weight excluding hydrogens is 1540 g/mol. The van der Waals surface area contributed by atoms with E-state index in [0.29, 0.717) is 106 Å². The van der Waals surface area contributed by atoms with Crippen LogP contribution in [0, 0.1) is 6.92 Å². The Balaban J connectivity index is 0.000000184. The molecule has 33 nitrogen and oxygen atoms in total. The molecule has 0 atom stereocenters. The van der Waals surface area contributed by atoms with E-state index < -0.39 is 35.8 Å². The van der Waals surface area contributed by atoms with Crippen LogP contribution >= 0.6 is 0 Å². The number of Topliss-reactive ketones (excluding diaryl/α,β-unsaturated/α-hetero) is 1. The zero-order chi connectivity index (χ0) is 86.3. The molecule has 121 heavy (non-hydrogen) atoms. The number of aryl methyl sites for hydroxylation is 1. The molecule has 6 aromatic heterocycles. The fraction of sp³-hybridized carbons (Fsp3) is 0.136. The van der Waals surface area contributed by atoms with Gasteiger partial charge in [-0.05, 0) is 156 Å². The summed E-state index contributed by atoms with van der Waals surface area (Å²) >= 11 is 0. The molecule has 0 bridgehead atoms. The second-order valence-electron chi connectivity index (χ2n) is 25.6. The maximum absolute atomic E-state index is 13.0. The summed E-state index contributed by atoms with van der Waals surface area (Å²) in [4.78, 5) is 146. The number of aromatic carboxylic acids is 1. The fourth-order valence-electron chi connectivity index (χ4n) is 10.9. The van der Waals surface area contributed by atoms with Gasteiger partial charge in [-0.25, -0.2) is 48.7 Å². The third-order valence-electron chi connectivity index (χ3n) is 16.5. The van der Waals surface area contributed by atoms with Crippen molar-refractivity contribution >= 4 is 145 Å². The number of aromatic nitrogens is 6. The van der Waals surface area contributed by atoms with Crippen LogP contribution in [0.5, 0.6) is 0 Å². The molecule has 0 aliphatic heterocycles. The van der Waals surface area contributed by atoms with Crippen molar-refractivity contribution in [2.24, 2.45) is 0 Å². The lowest BCUT2D eigenvalue weighted by atomic mass is 10.0. The van der Waals surface area contributed by atoms with Crippen LogP contribution in [-0.2, 0) is 11.2 Å². The molecule has 16 N–H and O–H groups in total. The Morgan fingerprint density at radius 3 is 1.00 bits per heavy atom. The fourth-order valence-corrected chi connectivity index (χ4v) is 10.9. The van der Waals surface area contributed by atoms with Crippen LogP contribution < -0.4 is 79.8 Å². The van der Waals surface area contributed by atoms with Crippen LogP contribution in [0.2, 0.25) is 0 Å². The monoisotopic (exact) mass is 1630 g/mol. The average Bonchev–Trinajstić information content (AvgIpc) is 0.840. The Labute approximate surface area is 696 Å². The number of nitrogens with zero attached hydrogens (tertiary/aromatic N) is 6. The van der Waals surface area contributed by atoms with Gasteiger partial charge in [-0.15, -0.1) is 0 Å². The van der Waals surface area contributed by atoms with Gasteiger partial charge in [0.2, 0.25) is 0 Å². The number of nitrogens with one attached hydrogen (secondary N) is 15. The molecule has 0 saturated carbocycles. The summed E-state index contributed by atoms with van der Waals surface area (Å²) in [6.07, 6.45) is 12.1. The van der Waals surface area contributed by atoms with Crippen LogP contribution in [0.3, 0.4) is 0 Å². The van der Waals surface area contributed by atoms with Gasteiger partial charge in [0, 0.05) is 122 Å². The summed E-state index contributed by atoms with van der Waals surface area (Å²) in [5.41, 5.74) is 10.3. The Hall–Kier alpha value is -16.5. The number of carbonyl (C=O) groups excluding carboxylic acids is 9. The highest BCUT2D eigenvalue weighted by molar-refractivity contribution is 6.11. The summed E-state index contributed by atoms with van der Waals surface area (Å²) in [5, 5.41) is 51.1. The predicted molar refractivity (Wildman–Crippen MR) is 468 cm³/mol. The number of rotatable bonds is 28. The largest absolute Gasteiger partial charge is 0.478 e. The van der Waals surface area contributed by atoms with Crippen molar-refractivity contribution in [3.05, 3.63) is 306 Å². The van der Waals surface area contributed by atoms with Gasteiger partial charge in [-0.3, -0.25) is 50.4 Å². The molecule has 33 heteroatoms. The van der Waals surface area contributed by atoms with Gasteiger partial charge in [0.25, 0.3) is 17.7 Å². The van der Waals surface area contributed by atoms with Gasteiger partial charge in [0.15, 0.2) is 5.78 Å². The molecule has 12 aromatic rings. The first-order chi connectivity index (χ1) is 58.6. The van der Waals surface area contributed by atoms with Crippen molar-refractivity contribution in [2.45, 2.75) is 48.0 Å². The van der Waals surface area contributed by atoms with Crippen molar-refractivity contribution < 1.29 is 57.8 Å². The number of carbonyl (C=O) groups is 10. The molecule has 0 spiro atoms. The number of carboxylic acids is 1. The molecular formula is C88H89N21O12. The Bertz CT molecular complexity index is 5510. The molecule has 0 fully saturated rings. The van der Waals surface area contributed by atoms with Crippen LogP contribution in [0.25, 0.3) is 0 Å². The molecule has 11 amide bonds. The van der Waals surface area contributed by atoms with Gasteiger partial charge in [0.1, 0.15) is 23.3 Å². The number of hydrogen-bond donors (Lipinski definition) is 16. The maximum atomic E-state index is 13.0. The molecule has 12 rings (SSSR count). The summed E-state index contributed by atoms with van der Waals surface area (Å²) in [5.74, 6) is -1.48. The number of hydrogen-bond acceptors (Lipinski definition) is 21. The zero-order valence-corrected chi connectivity index (χ0v) is 66.7. The summed E-state index contributed by atoms with van der Waals surface area (Å²) < 4.78 is 4.99. The first-order valence-corrected chi connectivity index (χ1v) is 38.0. The molecule has 0 aliphatic rings. The quantitative estimate of drug-likeness (QED) is 0.0160. The average molecular weight is 1630 g/mol. The number of benzene rings is 6. The Morgan fingerprint density at radius 2 is 0.661 bits per heavy atom. The number of pyridine rings is 6. The lowest BCUT2D eigenvalue weighted by molar-refractivity contribution is 0.0525. The molecule has 618 valence electrons. The number of urea groups is 4. The van der Waals surface area contributed by atoms with Crippen LogP contribution in [0.1, 0.15) is 108 Å². The van der Waals surface area contributed by atoms with Crippen LogP contribution in [-0.4, -0.2) is 127 Å². The van der Waals surface area contributed by atoms with E-state index in [9.17, 15) is 47.9 Å². The van der Waals surface area contributed by atoms with Gasteiger partial charge >= 0.3 is 36.1 Å². The third kappa shape index (κ3) is 28.8. The van der Waals surface area contributed by atoms with E-state index in [4.69, 9.17) is 9.84 Å². The van der Waals surface area contributed by atoms with E-state index >= 15 is 0 Å². The van der Waals surface area contributed by atoms with Gasteiger partial charge < -0.3 is 68.3 Å². The number of anilines is 15. The molecule has 6 heterocycles. The highest BCUT2D eigenvalue weighted by Gasteiger charge is 2.21. The Kier molecular flexibility index (Phi) is 33.8. The van der Waals surface area contributed by atoms with Gasteiger partial charge in [0.05, 0.1) is 86.5 Å². The number of para-hydroxylation sites is 3. The minimum Gasteiger partial charge on any atom is -0.478 e. The van der Waals surface area contributed by atoms with Crippen LogP contribution in [0.15, 0.2) is 262 Å². The standard InChI is InChI=1S/C23H24N6O4.C23H24N4O2.C21H20N6O4.C21H21N5O2/c1-3-25-23(32)29-20-12-19(27-16-9-7-15(8-10-16)22(31)33-4-2)18(14-26-20)21(30)28-17-6-5-11-24-13-17;1-3-24-23(29)27-22-14-20(26-18-10-5-4-6-11-18)19(15-25-22)21(28)13-17-9-7-8-16(2)12-17;1-2-23-21(31)27-18-10-17(25-14-7-5-13(6-8-14)20(29)30)16(12-24-18)19(28)26-15-4-3-9-22-11-15;1-2-22-21(28)26-19-13-18(24-15-9-5-3-6-10-15)17(14-23-19)20(27)25-16-11-7-4-8-12-16/h5-14H,3-4H2,1-2H3,(H,28,30)(H3,25,26,27,29,32);4-12,14-15H,3,13H2,1-2H3,(H3,24,25,26,27,29);3-12H,2H2,1H3,(H,26,28)(H,29,30)(H3,23,24,25,27,31);3-14H,2H2,1H3,(H,25,27)(H3,22,23,24,26,28). The van der Waals surface area contributed by atoms with Crippen molar-refractivity contribution in [3.8, 4) is 0 Å². The molecule has 0 unspecified atom stereocenters. The highest BCUT2D eigenvalue weighted by Crippen LogP contribution is 2.30. The second-order valence-corrected chi connectivity index (χ2v) is 25.6. The van der Waals surface area contributed by atoms with E-state index in [2.05, 4.69) is 110 Å². The number of carboxylic acid groups (broad SMARTS) is 1. The zero-order valence-electron chi connectivity index (χ0n) is 66.7. The highest BCUT2D eigenvalue weighted by atomic mass is 16.5. The summed E-state index contributed by atoms with van der Waals surface area (Å²) in [6, 6.07) is 60.3. The summed E-state index contributed by atoms with van der Waals surface area (Å²) in [6.45, 7) is 13.2. The first-order valence-electron chi connectivity index (χ1n) is 38.0. The van der Waals surface area contributed by atoms with E-state index in [0.717, 1.165) is 22.5 Å². The minimum absolute atomic E-state index is 0.0499. The lowest BCUT2D eigenvalue weighted by Gasteiger charge is -2.14. The SMILES string of the molecule is CCNC(=O)Nc1cc(Nc2ccc(C(=O)O)cc2)c(C(=O)Nc2cccnc2)cn1.CCNC(=O)Nc1cc(Nc2ccc(C(=O)OCC)cc2)c(C(=O)Nc2cccnc2)cn1.CCNC(=O)Nc1cc(Nc2ccccc2)c(C(=O)Cc2cccc(C)c2)cn1.CCNC(=O)Nc1cc(Nc2ccccc2)c(C(=O)Nc2ccccc2)cn1. The van der Waals surface area contributed by atoms with Crippen molar-refractivity contribution in [2.75, 3.05) is 91.3 Å². The lowest BCUT2D eigenvalue weighted by Crippen LogP contribution is -2.28. The first kappa shape index (κ1) is 88.5. The van der Waals surface area contributed by atoms with Crippen molar-refractivity contribution in [1.82, 2.24) is 51.2 Å². The number of ketones is 1. The second kappa shape index (κ2) is 46.2. The smallest absolute Gasteiger partial charge is 0.338 e. The van der Waals surface area contributed by atoms with Gasteiger partial charge in [-0.1, -0.05) is 84.4 Å². The predicted octanol–water partition coefficient (Wildman–Crippen LogP) is 16.0. The van der Waals surface area contributed by atoms with E-state index in [1.807, 2.05) is 124 Å². The van der Waals surface area contributed by atoms with Crippen molar-refractivity contribution in [3.63, 3.8) is 0 Å². The third-order valence-corrected chi connectivity index (χ3v) is 16.5. The van der Waals surface area contributed by atoms with Crippen molar-refractivity contribution in [1.29, 1.82) is 0 Å². The van der Waals surface area contributed by atoms with E-state index in [1.165, 1.54) is 55.4 Å². The number of amides is 11. The summed E-state index contributed by atoms with van der Waals surface area (Å²) in [7, 11) is 0. The molecule has 0 aliphatic carbocycles. The maximum Gasteiger partial charge on any atom is 0.338 e. The minimum atomic E-state index is -1.04. The topological polar surface area (TPSA) is 458 Å². The van der Waals surface area contributed by atoms with Crippen LogP contribution in [0.4, 0.5) is 105 Å². The molecule has 0 radical (unpaired) electrons. The van der Waals surface area contributed by atoms with E-state index in [-0.39, 0.29) is 65.1 Å². The van der Waals surface area contributed by atoms with Gasteiger partial charge in [-0.2, -0.15) is 0 Å². The number of ether oxygens (including phenoxy) is 1. The van der Waals surface area contributed by atoms with E-state index in [1.54, 1.807) is 124 Å². The number of esters is 1. The molecule has 6 aromatic carbocycles. The molecule has 0 saturated heterocycles.